The molecule has 4 aromatic rings. The van der Waals surface area contributed by atoms with Gasteiger partial charge in [-0.1, -0.05) is 77.8 Å². The minimum Gasteiger partial charge on any atom is -0.289 e. The first kappa shape index (κ1) is 16.8. The highest BCUT2D eigenvalue weighted by Crippen LogP contribution is 2.27. The number of ketones is 1. The van der Waals surface area contributed by atoms with Gasteiger partial charge in [-0.2, -0.15) is 0 Å². The molecule has 0 heterocycles. The second-order valence-electron chi connectivity index (χ2n) is 6.09. The van der Waals surface area contributed by atoms with Crippen LogP contribution in [0.15, 0.2) is 78.9 Å². The topological polar surface area (TPSA) is 17.1 Å². The smallest absolute Gasteiger partial charge is 0.185 e. The van der Waals surface area contributed by atoms with E-state index in [2.05, 4.69) is 24.3 Å². The maximum absolute atomic E-state index is 12.6. The van der Waals surface area contributed by atoms with E-state index in [9.17, 15) is 4.79 Å². The monoisotopic (exact) mass is 376 g/mol. The lowest BCUT2D eigenvalue weighted by molar-refractivity contribution is 0.104. The van der Waals surface area contributed by atoms with E-state index in [-0.39, 0.29) is 5.78 Å². The highest BCUT2D eigenvalue weighted by atomic mass is 35.5. The van der Waals surface area contributed by atoms with Crippen LogP contribution in [0.4, 0.5) is 0 Å². The summed E-state index contributed by atoms with van der Waals surface area (Å²) >= 11 is 12.1. The average molecular weight is 377 g/mol. The zero-order valence-electron chi connectivity index (χ0n) is 13.7. The summed E-state index contributed by atoms with van der Waals surface area (Å²) in [6.07, 6.45) is 3.26. The average Bonchev–Trinajstić information content (AvgIpc) is 2.66. The Kier molecular flexibility index (Phi) is 4.50. The number of benzene rings is 4. The van der Waals surface area contributed by atoms with Gasteiger partial charge in [0.15, 0.2) is 5.78 Å². The Bertz CT molecular complexity index is 1180. The van der Waals surface area contributed by atoms with E-state index in [0.29, 0.717) is 15.6 Å². The number of carbonyl (C=O) groups excluding carboxylic acids is 1. The number of rotatable bonds is 3. The summed E-state index contributed by atoms with van der Waals surface area (Å²) in [5.74, 6) is -0.0640. The van der Waals surface area contributed by atoms with Gasteiger partial charge in [0.25, 0.3) is 0 Å². The third-order valence-corrected chi connectivity index (χ3v) is 4.97. The fourth-order valence-electron chi connectivity index (χ4n) is 3.05. The van der Waals surface area contributed by atoms with E-state index in [0.717, 1.165) is 27.1 Å². The Morgan fingerprint density at radius 3 is 2.31 bits per heavy atom. The van der Waals surface area contributed by atoms with E-state index in [1.807, 2.05) is 30.3 Å². The predicted molar refractivity (Wildman–Crippen MR) is 111 cm³/mol. The van der Waals surface area contributed by atoms with Crippen molar-refractivity contribution in [2.45, 2.75) is 0 Å². The minimum absolute atomic E-state index is 0.0640. The van der Waals surface area contributed by atoms with E-state index < -0.39 is 0 Å². The van der Waals surface area contributed by atoms with Crippen LogP contribution in [0, 0.1) is 0 Å². The number of halogens is 2. The summed E-state index contributed by atoms with van der Waals surface area (Å²) in [4.78, 5) is 12.6. The molecule has 4 aromatic carbocycles. The fourth-order valence-corrected chi connectivity index (χ4v) is 3.53. The molecule has 0 N–H and O–H groups in total. The summed E-state index contributed by atoms with van der Waals surface area (Å²) in [7, 11) is 0. The molecule has 0 saturated carbocycles. The largest absolute Gasteiger partial charge is 0.289 e. The predicted octanol–water partition coefficient (Wildman–Crippen LogP) is 7.20. The lowest BCUT2D eigenvalue weighted by atomic mass is 9.98. The SMILES string of the molecule is O=C(/C=C\c1ccc(Cl)cc1Cl)c1ccc2ccc3ccccc3c2c1. The van der Waals surface area contributed by atoms with Crippen LogP contribution in [0.1, 0.15) is 15.9 Å². The molecular weight excluding hydrogens is 363 g/mol. The molecule has 0 aliphatic carbocycles. The van der Waals surface area contributed by atoms with Gasteiger partial charge in [0.05, 0.1) is 0 Å². The Labute approximate surface area is 161 Å². The lowest BCUT2D eigenvalue weighted by Gasteiger charge is -2.05. The van der Waals surface area contributed by atoms with Gasteiger partial charge in [-0.3, -0.25) is 4.79 Å². The molecule has 3 heteroatoms. The first-order valence-electron chi connectivity index (χ1n) is 8.21. The van der Waals surface area contributed by atoms with Crippen LogP contribution in [0.25, 0.3) is 27.6 Å². The van der Waals surface area contributed by atoms with E-state index >= 15 is 0 Å². The highest BCUT2D eigenvalue weighted by Gasteiger charge is 2.06. The number of fused-ring (bicyclic) bond motifs is 3. The van der Waals surface area contributed by atoms with Gasteiger partial charge in [0.2, 0.25) is 0 Å². The summed E-state index contributed by atoms with van der Waals surface area (Å²) < 4.78 is 0. The molecule has 0 atom stereocenters. The van der Waals surface area contributed by atoms with E-state index in [1.54, 1.807) is 30.4 Å². The van der Waals surface area contributed by atoms with Gasteiger partial charge in [-0.25, -0.2) is 0 Å². The zero-order chi connectivity index (χ0) is 18.1. The first-order valence-corrected chi connectivity index (χ1v) is 8.96. The molecule has 0 aromatic heterocycles. The number of carbonyl (C=O) groups is 1. The van der Waals surface area contributed by atoms with Crippen molar-refractivity contribution in [1.82, 2.24) is 0 Å². The molecule has 0 radical (unpaired) electrons. The molecule has 0 unspecified atom stereocenters. The van der Waals surface area contributed by atoms with Crippen LogP contribution in [0.2, 0.25) is 10.0 Å². The third kappa shape index (κ3) is 3.24. The summed E-state index contributed by atoms with van der Waals surface area (Å²) in [6.45, 7) is 0. The molecule has 26 heavy (non-hydrogen) atoms. The molecule has 126 valence electrons. The number of hydrogen-bond donors (Lipinski definition) is 0. The molecule has 0 aliphatic rings. The number of allylic oxidation sites excluding steroid dienone is 1. The van der Waals surface area contributed by atoms with Crippen LogP contribution in [-0.4, -0.2) is 5.78 Å². The van der Waals surface area contributed by atoms with Crippen molar-refractivity contribution < 1.29 is 4.79 Å². The quantitative estimate of drug-likeness (QED) is 0.210. The van der Waals surface area contributed by atoms with Crippen LogP contribution in [0.5, 0.6) is 0 Å². The van der Waals surface area contributed by atoms with Crippen molar-refractivity contribution in [3.05, 3.63) is 100 Å². The van der Waals surface area contributed by atoms with Crippen molar-refractivity contribution in [1.29, 1.82) is 0 Å². The van der Waals surface area contributed by atoms with Crippen molar-refractivity contribution in [2.75, 3.05) is 0 Å². The summed E-state index contributed by atoms with van der Waals surface area (Å²) in [5.41, 5.74) is 1.41. The molecule has 0 bridgehead atoms. The van der Waals surface area contributed by atoms with Crippen molar-refractivity contribution in [2.24, 2.45) is 0 Å². The lowest BCUT2D eigenvalue weighted by Crippen LogP contribution is -1.94. The highest BCUT2D eigenvalue weighted by molar-refractivity contribution is 6.35. The van der Waals surface area contributed by atoms with Crippen molar-refractivity contribution in [3.8, 4) is 0 Å². The Balaban J connectivity index is 1.72. The molecule has 0 aliphatic heterocycles. The Morgan fingerprint density at radius 1 is 0.769 bits per heavy atom. The Morgan fingerprint density at radius 2 is 1.50 bits per heavy atom. The van der Waals surface area contributed by atoms with Gasteiger partial charge in [-0.05, 0) is 57.5 Å². The van der Waals surface area contributed by atoms with Crippen LogP contribution < -0.4 is 0 Å². The molecule has 0 saturated heterocycles. The van der Waals surface area contributed by atoms with Crippen LogP contribution in [0.3, 0.4) is 0 Å². The van der Waals surface area contributed by atoms with E-state index in [4.69, 9.17) is 23.2 Å². The standard InChI is InChI=1S/C23H14Cl2O/c24-19-11-9-17(22(25)14-19)10-12-23(26)18-8-7-16-6-5-15-3-1-2-4-20(15)21(16)13-18/h1-14H/b12-10-. The molecule has 4 rings (SSSR count). The first-order chi connectivity index (χ1) is 12.6. The van der Waals surface area contributed by atoms with Gasteiger partial charge < -0.3 is 0 Å². The van der Waals surface area contributed by atoms with Crippen LogP contribution in [-0.2, 0) is 0 Å². The second-order valence-corrected chi connectivity index (χ2v) is 6.93. The van der Waals surface area contributed by atoms with Crippen molar-refractivity contribution in [3.63, 3.8) is 0 Å². The molecule has 0 fully saturated rings. The van der Waals surface area contributed by atoms with Crippen molar-refractivity contribution >= 4 is 56.6 Å². The molecular formula is C23H14Cl2O. The fraction of sp³-hybridized carbons (Fsp3) is 0. The van der Waals surface area contributed by atoms with Gasteiger partial charge in [0, 0.05) is 15.6 Å². The maximum Gasteiger partial charge on any atom is 0.185 e. The maximum atomic E-state index is 12.6. The van der Waals surface area contributed by atoms with E-state index in [1.165, 1.54) is 0 Å². The van der Waals surface area contributed by atoms with Gasteiger partial charge in [-0.15, -0.1) is 0 Å². The Hall–Kier alpha value is -2.61. The zero-order valence-corrected chi connectivity index (χ0v) is 15.3. The normalized spacial score (nSPS) is 11.5. The van der Waals surface area contributed by atoms with Crippen LogP contribution >= 0.6 is 23.2 Å². The molecule has 0 spiro atoms. The number of hydrogen-bond acceptors (Lipinski definition) is 1. The minimum atomic E-state index is -0.0640. The summed E-state index contributed by atoms with van der Waals surface area (Å²) in [6, 6.07) is 23.4. The summed E-state index contributed by atoms with van der Waals surface area (Å²) in [5, 5.41) is 5.58. The van der Waals surface area contributed by atoms with Gasteiger partial charge >= 0.3 is 0 Å². The third-order valence-electron chi connectivity index (χ3n) is 4.41. The van der Waals surface area contributed by atoms with Gasteiger partial charge in [0.1, 0.15) is 0 Å². The molecule has 1 nitrogen and oxygen atoms in total. The molecule has 0 amide bonds. The second kappa shape index (κ2) is 6.95.